The third-order valence-corrected chi connectivity index (χ3v) is 2.76. The molecule has 1 aliphatic rings. The molecule has 0 atom stereocenters. The summed E-state index contributed by atoms with van der Waals surface area (Å²) in [6.45, 7) is 4.31. The second-order valence-electron chi connectivity index (χ2n) is 4.83. The van der Waals surface area contributed by atoms with Crippen molar-refractivity contribution in [1.82, 2.24) is 0 Å². The standard InChI is InChI=1S/C15H17NO/c1-11(2)8-13-10-15(17)16-14(13)9-12-6-4-3-5-7-12/h3-7,10-11H,8-9H2,1-2H3. The molecule has 0 unspecified atom stereocenters. The Morgan fingerprint density at radius 3 is 2.53 bits per heavy atom. The molecular formula is C15H17NO. The van der Waals surface area contributed by atoms with Crippen molar-refractivity contribution in [2.75, 3.05) is 0 Å². The normalized spacial score (nSPS) is 15.1. The van der Waals surface area contributed by atoms with Crippen LogP contribution in [0.3, 0.4) is 0 Å². The Hall–Kier alpha value is -1.70. The summed E-state index contributed by atoms with van der Waals surface area (Å²) in [6, 6.07) is 10.2. The zero-order chi connectivity index (χ0) is 12.3. The SMILES string of the molecule is CC(C)CC1=CC(=O)N=C1Cc1ccccc1. The fourth-order valence-electron chi connectivity index (χ4n) is 2.03. The molecule has 1 aromatic carbocycles. The minimum absolute atomic E-state index is 0.105. The molecule has 17 heavy (non-hydrogen) atoms. The van der Waals surface area contributed by atoms with Crippen LogP contribution in [0.5, 0.6) is 0 Å². The number of carbonyl (C=O) groups is 1. The molecule has 2 rings (SSSR count). The molecule has 0 aromatic heterocycles. The summed E-state index contributed by atoms with van der Waals surface area (Å²) in [5, 5.41) is 0. The molecule has 1 aromatic rings. The monoisotopic (exact) mass is 227 g/mol. The van der Waals surface area contributed by atoms with Crippen LogP contribution in [0.25, 0.3) is 0 Å². The van der Waals surface area contributed by atoms with E-state index in [9.17, 15) is 4.79 Å². The van der Waals surface area contributed by atoms with Gasteiger partial charge >= 0.3 is 0 Å². The van der Waals surface area contributed by atoms with Gasteiger partial charge in [-0.05, 0) is 23.5 Å². The number of benzene rings is 1. The zero-order valence-corrected chi connectivity index (χ0v) is 10.3. The molecule has 1 heterocycles. The van der Waals surface area contributed by atoms with Gasteiger partial charge in [-0.3, -0.25) is 4.79 Å². The molecule has 2 nitrogen and oxygen atoms in total. The molecule has 0 fully saturated rings. The van der Waals surface area contributed by atoms with Crippen LogP contribution < -0.4 is 0 Å². The summed E-state index contributed by atoms with van der Waals surface area (Å²) >= 11 is 0. The average Bonchev–Trinajstić information content (AvgIpc) is 2.59. The Kier molecular flexibility index (Phi) is 3.52. The average molecular weight is 227 g/mol. The number of amides is 1. The predicted octanol–water partition coefficient (Wildman–Crippen LogP) is 3.18. The molecule has 1 aliphatic heterocycles. The maximum absolute atomic E-state index is 11.4. The van der Waals surface area contributed by atoms with E-state index in [2.05, 4.69) is 31.0 Å². The van der Waals surface area contributed by atoms with Gasteiger partial charge in [0.05, 0.1) is 5.71 Å². The Morgan fingerprint density at radius 2 is 1.88 bits per heavy atom. The third-order valence-electron chi connectivity index (χ3n) is 2.76. The van der Waals surface area contributed by atoms with Gasteiger partial charge in [-0.2, -0.15) is 0 Å². The van der Waals surface area contributed by atoms with Crippen LogP contribution in [0.2, 0.25) is 0 Å². The van der Waals surface area contributed by atoms with Crippen molar-refractivity contribution in [3.8, 4) is 0 Å². The van der Waals surface area contributed by atoms with Crippen LogP contribution in [0.4, 0.5) is 0 Å². The molecule has 0 N–H and O–H groups in total. The molecule has 88 valence electrons. The van der Waals surface area contributed by atoms with E-state index >= 15 is 0 Å². The maximum Gasteiger partial charge on any atom is 0.270 e. The van der Waals surface area contributed by atoms with Gasteiger partial charge in [0, 0.05) is 12.5 Å². The van der Waals surface area contributed by atoms with Crippen molar-refractivity contribution in [3.05, 3.63) is 47.5 Å². The number of nitrogens with zero attached hydrogens (tertiary/aromatic N) is 1. The van der Waals surface area contributed by atoms with Crippen molar-refractivity contribution >= 4 is 11.6 Å². The molecule has 2 heteroatoms. The lowest BCUT2D eigenvalue weighted by Gasteiger charge is -2.09. The summed E-state index contributed by atoms with van der Waals surface area (Å²) in [6.07, 6.45) is 3.36. The first-order valence-electron chi connectivity index (χ1n) is 6.01. The second kappa shape index (κ2) is 5.09. The lowest BCUT2D eigenvalue weighted by Crippen LogP contribution is -2.06. The van der Waals surface area contributed by atoms with Gasteiger partial charge in [0.15, 0.2) is 0 Å². The van der Waals surface area contributed by atoms with E-state index in [1.54, 1.807) is 6.08 Å². The largest absolute Gasteiger partial charge is 0.270 e. The second-order valence-corrected chi connectivity index (χ2v) is 4.83. The van der Waals surface area contributed by atoms with Gasteiger partial charge in [0.25, 0.3) is 5.91 Å². The van der Waals surface area contributed by atoms with Gasteiger partial charge < -0.3 is 0 Å². The smallest absolute Gasteiger partial charge is 0.267 e. The number of rotatable bonds is 4. The van der Waals surface area contributed by atoms with Crippen LogP contribution in [-0.2, 0) is 11.2 Å². The number of aliphatic imine (C=N–C) groups is 1. The van der Waals surface area contributed by atoms with Crippen molar-refractivity contribution in [2.45, 2.75) is 26.7 Å². The van der Waals surface area contributed by atoms with E-state index in [1.165, 1.54) is 5.56 Å². The molecular weight excluding hydrogens is 210 g/mol. The minimum Gasteiger partial charge on any atom is -0.267 e. The molecule has 0 saturated heterocycles. The molecule has 0 radical (unpaired) electrons. The predicted molar refractivity (Wildman–Crippen MR) is 70.1 cm³/mol. The van der Waals surface area contributed by atoms with Crippen LogP contribution >= 0.6 is 0 Å². The summed E-state index contributed by atoms with van der Waals surface area (Å²) in [4.78, 5) is 15.5. The number of hydrogen-bond acceptors (Lipinski definition) is 1. The number of carbonyl (C=O) groups excluding carboxylic acids is 1. The van der Waals surface area contributed by atoms with Gasteiger partial charge in [0.1, 0.15) is 0 Å². The van der Waals surface area contributed by atoms with Gasteiger partial charge in [-0.25, -0.2) is 4.99 Å². The van der Waals surface area contributed by atoms with E-state index in [4.69, 9.17) is 0 Å². The minimum atomic E-state index is -0.105. The van der Waals surface area contributed by atoms with Crippen LogP contribution in [0, 0.1) is 5.92 Å². The lowest BCUT2D eigenvalue weighted by atomic mass is 9.96. The third kappa shape index (κ3) is 3.13. The highest BCUT2D eigenvalue weighted by atomic mass is 16.1. The van der Waals surface area contributed by atoms with Crippen molar-refractivity contribution in [2.24, 2.45) is 10.9 Å². The van der Waals surface area contributed by atoms with Crippen LogP contribution in [0.1, 0.15) is 25.8 Å². The Bertz CT molecular complexity index is 469. The lowest BCUT2D eigenvalue weighted by molar-refractivity contribution is -0.113. The molecule has 1 amide bonds. The zero-order valence-electron chi connectivity index (χ0n) is 10.3. The number of allylic oxidation sites excluding steroid dienone is 1. The highest BCUT2D eigenvalue weighted by molar-refractivity contribution is 6.17. The van der Waals surface area contributed by atoms with E-state index < -0.39 is 0 Å². The van der Waals surface area contributed by atoms with Crippen molar-refractivity contribution in [1.29, 1.82) is 0 Å². The first kappa shape index (κ1) is 11.8. The van der Waals surface area contributed by atoms with Gasteiger partial charge in [0.2, 0.25) is 0 Å². The molecule has 0 spiro atoms. The first-order chi connectivity index (χ1) is 8.15. The summed E-state index contributed by atoms with van der Waals surface area (Å²) in [7, 11) is 0. The quantitative estimate of drug-likeness (QED) is 0.776. The van der Waals surface area contributed by atoms with Gasteiger partial charge in [-0.1, -0.05) is 44.2 Å². The number of hydrogen-bond donors (Lipinski definition) is 0. The summed E-state index contributed by atoms with van der Waals surface area (Å²) in [5.41, 5.74) is 3.25. The van der Waals surface area contributed by atoms with Crippen molar-refractivity contribution < 1.29 is 4.79 Å². The fraction of sp³-hybridized carbons (Fsp3) is 0.333. The molecule has 0 aliphatic carbocycles. The Morgan fingerprint density at radius 1 is 1.18 bits per heavy atom. The van der Waals surface area contributed by atoms with Crippen molar-refractivity contribution in [3.63, 3.8) is 0 Å². The maximum atomic E-state index is 11.4. The van der Waals surface area contributed by atoms with E-state index in [0.29, 0.717) is 5.92 Å². The summed E-state index contributed by atoms with van der Waals surface area (Å²) < 4.78 is 0. The van der Waals surface area contributed by atoms with E-state index in [0.717, 1.165) is 24.1 Å². The Labute approximate surface area is 102 Å². The highest BCUT2D eigenvalue weighted by Gasteiger charge is 2.18. The van der Waals surface area contributed by atoms with Crippen LogP contribution in [-0.4, -0.2) is 11.6 Å². The Balaban J connectivity index is 2.13. The molecule has 0 saturated carbocycles. The summed E-state index contributed by atoms with van der Waals surface area (Å²) in [5.74, 6) is 0.444. The van der Waals surface area contributed by atoms with Gasteiger partial charge in [-0.15, -0.1) is 0 Å². The van der Waals surface area contributed by atoms with E-state index in [-0.39, 0.29) is 5.91 Å². The topological polar surface area (TPSA) is 29.4 Å². The highest BCUT2D eigenvalue weighted by Crippen LogP contribution is 2.20. The fourth-order valence-corrected chi connectivity index (χ4v) is 2.03. The first-order valence-corrected chi connectivity index (χ1v) is 6.01. The molecule has 0 bridgehead atoms. The van der Waals surface area contributed by atoms with E-state index in [1.807, 2.05) is 18.2 Å². The van der Waals surface area contributed by atoms with Crippen LogP contribution in [0.15, 0.2) is 47.0 Å².